The number of hydrogen-bond donors (Lipinski definition) is 1. The zero-order chi connectivity index (χ0) is 13.2. The van der Waals surface area contributed by atoms with Crippen LogP contribution in [0.4, 0.5) is 5.69 Å². The standard InChI is InChI=1S/C15H13ClN2S/c1-10-4-5-13(19-10)9-18-14-8-12(16)7-11-3-2-6-17-15(11)14/h2-8,18H,9H2,1H3. The molecule has 0 bridgehead atoms. The Hall–Kier alpha value is -1.58. The smallest absolute Gasteiger partial charge is 0.0934 e. The summed E-state index contributed by atoms with van der Waals surface area (Å²) in [5, 5.41) is 5.20. The minimum absolute atomic E-state index is 0.727. The summed E-state index contributed by atoms with van der Waals surface area (Å²) in [7, 11) is 0. The molecule has 19 heavy (non-hydrogen) atoms. The Balaban J connectivity index is 1.91. The number of halogens is 1. The monoisotopic (exact) mass is 288 g/mol. The predicted octanol–water partition coefficient (Wildman–Crippen LogP) is 4.87. The molecule has 0 atom stereocenters. The van der Waals surface area contributed by atoms with Gasteiger partial charge in [0, 0.05) is 32.9 Å². The van der Waals surface area contributed by atoms with Gasteiger partial charge in [-0.3, -0.25) is 4.98 Å². The molecule has 1 N–H and O–H groups in total. The van der Waals surface area contributed by atoms with E-state index in [9.17, 15) is 0 Å². The molecule has 0 aliphatic carbocycles. The molecule has 0 radical (unpaired) electrons. The number of fused-ring (bicyclic) bond motifs is 1. The van der Waals surface area contributed by atoms with Gasteiger partial charge in [-0.2, -0.15) is 0 Å². The summed E-state index contributed by atoms with van der Waals surface area (Å²) in [6.07, 6.45) is 1.80. The van der Waals surface area contributed by atoms with Crippen molar-refractivity contribution in [1.29, 1.82) is 0 Å². The first-order valence-electron chi connectivity index (χ1n) is 6.06. The average molecular weight is 289 g/mol. The summed E-state index contributed by atoms with van der Waals surface area (Å²) >= 11 is 7.95. The number of anilines is 1. The van der Waals surface area contributed by atoms with Gasteiger partial charge in [-0.1, -0.05) is 17.7 Å². The maximum Gasteiger partial charge on any atom is 0.0934 e. The minimum Gasteiger partial charge on any atom is -0.378 e. The summed E-state index contributed by atoms with van der Waals surface area (Å²) in [6.45, 7) is 2.91. The van der Waals surface area contributed by atoms with Crippen LogP contribution in [0.15, 0.2) is 42.6 Å². The van der Waals surface area contributed by atoms with Crippen LogP contribution in [0.1, 0.15) is 9.75 Å². The minimum atomic E-state index is 0.727. The van der Waals surface area contributed by atoms with Crippen LogP contribution in [0.2, 0.25) is 5.02 Å². The molecule has 1 aromatic carbocycles. The molecule has 2 aromatic heterocycles. The first-order chi connectivity index (χ1) is 9.22. The Bertz CT molecular complexity index is 721. The molecule has 96 valence electrons. The lowest BCUT2D eigenvalue weighted by Crippen LogP contribution is -1.99. The largest absolute Gasteiger partial charge is 0.378 e. The highest BCUT2D eigenvalue weighted by atomic mass is 35.5. The molecule has 2 nitrogen and oxygen atoms in total. The van der Waals surface area contributed by atoms with Gasteiger partial charge >= 0.3 is 0 Å². The van der Waals surface area contributed by atoms with E-state index in [-0.39, 0.29) is 0 Å². The van der Waals surface area contributed by atoms with Crippen LogP contribution in [-0.2, 0) is 6.54 Å². The molecule has 0 aliphatic heterocycles. The number of rotatable bonds is 3. The number of nitrogens with one attached hydrogen (secondary N) is 1. The first kappa shape index (κ1) is 12.5. The highest BCUT2D eigenvalue weighted by molar-refractivity contribution is 7.11. The first-order valence-corrected chi connectivity index (χ1v) is 7.25. The Morgan fingerprint density at radius 2 is 2.16 bits per heavy atom. The van der Waals surface area contributed by atoms with Gasteiger partial charge in [-0.05, 0) is 37.3 Å². The fraction of sp³-hybridized carbons (Fsp3) is 0.133. The van der Waals surface area contributed by atoms with E-state index in [0.717, 1.165) is 28.2 Å². The maximum absolute atomic E-state index is 6.14. The van der Waals surface area contributed by atoms with Gasteiger partial charge < -0.3 is 5.32 Å². The molecule has 0 spiro atoms. The van der Waals surface area contributed by atoms with Crippen molar-refractivity contribution in [1.82, 2.24) is 4.98 Å². The van der Waals surface area contributed by atoms with Crippen molar-refractivity contribution < 1.29 is 0 Å². The lowest BCUT2D eigenvalue weighted by atomic mass is 10.2. The van der Waals surface area contributed by atoms with Crippen LogP contribution >= 0.6 is 22.9 Å². The van der Waals surface area contributed by atoms with Crippen LogP contribution in [0.3, 0.4) is 0 Å². The van der Waals surface area contributed by atoms with Crippen LogP contribution in [0.25, 0.3) is 10.9 Å². The van der Waals surface area contributed by atoms with E-state index in [2.05, 4.69) is 29.4 Å². The van der Waals surface area contributed by atoms with E-state index in [1.54, 1.807) is 17.5 Å². The highest BCUT2D eigenvalue weighted by Crippen LogP contribution is 2.27. The number of thiophene rings is 1. The third-order valence-corrected chi connectivity index (χ3v) is 4.14. The second kappa shape index (κ2) is 5.19. The number of pyridine rings is 1. The van der Waals surface area contributed by atoms with Gasteiger partial charge in [0.25, 0.3) is 0 Å². The van der Waals surface area contributed by atoms with Crippen LogP contribution in [-0.4, -0.2) is 4.98 Å². The van der Waals surface area contributed by atoms with Crippen molar-refractivity contribution in [3.05, 3.63) is 57.4 Å². The SMILES string of the molecule is Cc1ccc(CNc2cc(Cl)cc3cccnc23)s1. The van der Waals surface area contributed by atoms with Crippen LogP contribution in [0.5, 0.6) is 0 Å². The number of aromatic nitrogens is 1. The number of hydrogen-bond acceptors (Lipinski definition) is 3. The summed E-state index contributed by atoms with van der Waals surface area (Å²) in [5.41, 5.74) is 1.94. The fourth-order valence-electron chi connectivity index (χ4n) is 2.05. The fourth-order valence-corrected chi connectivity index (χ4v) is 3.11. The van der Waals surface area contributed by atoms with Gasteiger partial charge in [0.05, 0.1) is 11.2 Å². The summed E-state index contributed by atoms with van der Waals surface area (Å²) < 4.78 is 0. The molecule has 2 heterocycles. The lowest BCUT2D eigenvalue weighted by Gasteiger charge is -2.09. The Morgan fingerprint density at radius 1 is 1.26 bits per heavy atom. The van der Waals surface area contributed by atoms with Crippen LogP contribution < -0.4 is 5.32 Å². The number of aryl methyl sites for hydroxylation is 1. The van der Waals surface area contributed by atoms with Crippen molar-refractivity contribution in [3.8, 4) is 0 Å². The van der Waals surface area contributed by atoms with Crippen LogP contribution in [0, 0.1) is 6.92 Å². The van der Waals surface area contributed by atoms with Gasteiger partial charge in [0.1, 0.15) is 0 Å². The lowest BCUT2D eigenvalue weighted by molar-refractivity contribution is 1.19. The molecule has 0 amide bonds. The molecule has 0 saturated heterocycles. The Labute approximate surface area is 121 Å². The quantitative estimate of drug-likeness (QED) is 0.744. The molecule has 3 rings (SSSR count). The second-order valence-corrected chi connectivity index (χ2v) is 6.20. The normalized spacial score (nSPS) is 10.8. The molecule has 4 heteroatoms. The zero-order valence-corrected chi connectivity index (χ0v) is 12.1. The predicted molar refractivity (Wildman–Crippen MR) is 83.1 cm³/mol. The van der Waals surface area contributed by atoms with E-state index in [1.165, 1.54) is 9.75 Å². The van der Waals surface area contributed by atoms with Gasteiger partial charge in [0.2, 0.25) is 0 Å². The highest BCUT2D eigenvalue weighted by Gasteiger charge is 2.05. The van der Waals surface area contributed by atoms with Crippen molar-refractivity contribution in [2.45, 2.75) is 13.5 Å². The zero-order valence-electron chi connectivity index (χ0n) is 10.5. The summed E-state index contributed by atoms with van der Waals surface area (Å²) in [6, 6.07) is 12.1. The van der Waals surface area contributed by atoms with E-state index in [0.29, 0.717) is 0 Å². The van der Waals surface area contributed by atoms with Gasteiger partial charge in [-0.15, -0.1) is 11.3 Å². The summed E-state index contributed by atoms with van der Waals surface area (Å²) in [5.74, 6) is 0. The Kier molecular flexibility index (Phi) is 3.40. The molecular weight excluding hydrogens is 276 g/mol. The van der Waals surface area contributed by atoms with E-state index < -0.39 is 0 Å². The third-order valence-electron chi connectivity index (χ3n) is 2.92. The van der Waals surface area contributed by atoms with Gasteiger partial charge in [0.15, 0.2) is 0 Å². The topological polar surface area (TPSA) is 24.9 Å². The van der Waals surface area contributed by atoms with E-state index in [1.807, 2.05) is 24.3 Å². The molecule has 0 unspecified atom stereocenters. The summed E-state index contributed by atoms with van der Waals surface area (Å²) in [4.78, 5) is 7.05. The van der Waals surface area contributed by atoms with E-state index in [4.69, 9.17) is 11.6 Å². The molecule has 0 fully saturated rings. The molecule has 3 aromatic rings. The third kappa shape index (κ3) is 2.72. The van der Waals surface area contributed by atoms with Crippen molar-refractivity contribution >= 4 is 39.5 Å². The van der Waals surface area contributed by atoms with Crippen molar-refractivity contribution in [2.75, 3.05) is 5.32 Å². The Morgan fingerprint density at radius 3 is 2.95 bits per heavy atom. The average Bonchev–Trinajstić information content (AvgIpc) is 2.81. The second-order valence-electron chi connectivity index (χ2n) is 4.39. The number of benzene rings is 1. The van der Waals surface area contributed by atoms with E-state index >= 15 is 0 Å². The molecule has 0 saturated carbocycles. The van der Waals surface area contributed by atoms with Crippen molar-refractivity contribution in [3.63, 3.8) is 0 Å². The van der Waals surface area contributed by atoms with Gasteiger partial charge in [-0.25, -0.2) is 0 Å². The maximum atomic E-state index is 6.14. The van der Waals surface area contributed by atoms with Crippen molar-refractivity contribution in [2.24, 2.45) is 0 Å². The number of nitrogens with zero attached hydrogens (tertiary/aromatic N) is 1. The molecular formula is C15H13ClN2S. The molecule has 0 aliphatic rings.